The molecule has 1 aliphatic carbocycles. The minimum absolute atomic E-state index is 0.0865. The van der Waals surface area contributed by atoms with E-state index >= 15 is 0 Å². The molecular weight excluding hydrogens is 314 g/mol. The first-order valence-corrected chi connectivity index (χ1v) is 9.16. The molecule has 1 aromatic carbocycles. The molecular formula is C20H23N3O2. The minimum atomic E-state index is -0.0865. The number of carbonyl (C=O) groups excluding carboxylic acids is 1. The molecule has 0 saturated carbocycles. The molecule has 0 N–H and O–H groups in total. The first-order chi connectivity index (χ1) is 12.3. The maximum Gasteiger partial charge on any atom is 0.249 e. The van der Waals surface area contributed by atoms with Gasteiger partial charge in [-0.1, -0.05) is 47.6 Å². The van der Waals surface area contributed by atoms with E-state index in [-0.39, 0.29) is 11.9 Å². The Hall–Kier alpha value is -2.43. The molecule has 1 aliphatic heterocycles. The number of likely N-dealkylation sites (tertiary alicyclic amines) is 1. The van der Waals surface area contributed by atoms with Crippen molar-refractivity contribution in [2.45, 2.75) is 44.6 Å². The number of piperidine rings is 1. The Morgan fingerprint density at radius 3 is 2.88 bits per heavy atom. The van der Waals surface area contributed by atoms with Gasteiger partial charge in [0.05, 0.1) is 0 Å². The molecule has 0 spiro atoms. The molecule has 25 heavy (non-hydrogen) atoms. The zero-order valence-electron chi connectivity index (χ0n) is 14.3. The van der Waals surface area contributed by atoms with Crippen LogP contribution in [0.3, 0.4) is 0 Å². The largest absolute Gasteiger partial charge is 0.337 e. The maximum atomic E-state index is 12.8. The minimum Gasteiger partial charge on any atom is -0.337 e. The predicted octanol–water partition coefficient (Wildman–Crippen LogP) is 4.15. The Morgan fingerprint density at radius 1 is 1.20 bits per heavy atom. The van der Waals surface area contributed by atoms with Crippen LogP contribution in [0.1, 0.15) is 50.5 Å². The van der Waals surface area contributed by atoms with Crippen LogP contribution in [0.4, 0.5) is 0 Å². The van der Waals surface area contributed by atoms with Crippen LogP contribution >= 0.6 is 0 Å². The van der Waals surface area contributed by atoms with Crippen LogP contribution in [0.5, 0.6) is 0 Å². The Morgan fingerprint density at radius 2 is 2.08 bits per heavy atom. The fourth-order valence-corrected chi connectivity index (χ4v) is 3.77. The summed E-state index contributed by atoms with van der Waals surface area (Å²) in [7, 11) is 0. The normalized spacial score (nSPS) is 23.1. The van der Waals surface area contributed by atoms with Crippen molar-refractivity contribution < 1.29 is 9.32 Å². The van der Waals surface area contributed by atoms with Crippen molar-refractivity contribution >= 4 is 5.91 Å². The first-order valence-electron chi connectivity index (χ1n) is 9.16. The molecule has 0 radical (unpaired) electrons. The lowest BCUT2D eigenvalue weighted by atomic mass is 9.98. The SMILES string of the molecule is O=C(C[C@H]1C=CCC1)N1CCCC[C@@H]1c1nc(-c2ccccc2)no1. The van der Waals surface area contributed by atoms with Crippen molar-refractivity contribution in [1.29, 1.82) is 0 Å². The second kappa shape index (κ2) is 7.21. The molecule has 0 unspecified atom stereocenters. The second-order valence-corrected chi connectivity index (χ2v) is 6.89. The van der Waals surface area contributed by atoms with Crippen LogP contribution in [0.2, 0.25) is 0 Å². The number of benzene rings is 1. The molecule has 1 aromatic heterocycles. The van der Waals surface area contributed by atoms with Gasteiger partial charge in [0.1, 0.15) is 6.04 Å². The van der Waals surface area contributed by atoms with E-state index in [1.165, 1.54) is 0 Å². The van der Waals surface area contributed by atoms with E-state index in [0.717, 1.165) is 44.2 Å². The third-order valence-corrected chi connectivity index (χ3v) is 5.13. The number of amides is 1. The number of allylic oxidation sites excluding steroid dienone is 2. The number of nitrogens with zero attached hydrogens (tertiary/aromatic N) is 3. The van der Waals surface area contributed by atoms with Gasteiger partial charge in [0, 0.05) is 18.5 Å². The van der Waals surface area contributed by atoms with Crippen LogP contribution in [0.25, 0.3) is 11.4 Å². The number of carbonyl (C=O) groups is 1. The summed E-state index contributed by atoms with van der Waals surface area (Å²) in [5.41, 5.74) is 0.933. The van der Waals surface area contributed by atoms with Crippen molar-refractivity contribution in [3.63, 3.8) is 0 Å². The number of rotatable bonds is 4. The summed E-state index contributed by atoms with van der Waals surface area (Å²) >= 11 is 0. The lowest BCUT2D eigenvalue weighted by molar-refractivity contribution is -0.136. The van der Waals surface area contributed by atoms with Crippen LogP contribution in [-0.4, -0.2) is 27.5 Å². The van der Waals surface area contributed by atoms with Gasteiger partial charge < -0.3 is 9.42 Å². The van der Waals surface area contributed by atoms with E-state index in [9.17, 15) is 4.79 Å². The maximum absolute atomic E-state index is 12.8. The van der Waals surface area contributed by atoms with Crippen LogP contribution in [0.15, 0.2) is 47.0 Å². The lowest BCUT2D eigenvalue weighted by Gasteiger charge is -2.34. The number of aromatic nitrogens is 2. The zero-order valence-corrected chi connectivity index (χ0v) is 14.3. The Labute approximate surface area is 147 Å². The monoisotopic (exact) mass is 337 g/mol. The fraction of sp³-hybridized carbons (Fsp3) is 0.450. The van der Waals surface area contributed by atoms with E-state index in [2.05, 4.69) is 22.3 Å². The molecule has 5 heteroatoms. The average molecular weight is 337 g/mol. The van der Waals surface area contributed by atoms with Crippen molar-refractivity contribution in [2.75, 3.05) is 6.54 Å². The van der Waals surface area contributed by atoms with Gasteiger partial charge in [-0.2, -0.15) is 4.98 Å². The zero-order chi connectivity index (χ0) is 17.1. The highest BCUT2D eigenvalue weighted by Gasteiger charge is 2.33. The molecule has 0 bridgehead atoms. The molecule has 1 amide bonds. The van der Waals surface area contributed by atoms with Crippen molar-refractivity contribution in [3.05, 3.63) is 48.4 Å². The van der Waals surface area contributed by atoms with Gasteiger partial charge in [-0.3, -0.25) is 4.79 Å². The summed E-state index contributed by atoms with van der Waals surface area (Å²) in [6, 6.07) is 9.71. The van der Waals surface area contributed by atoms with E-state index in [1.807, 2.05) is 35.2 Å². The topological polar surface area (TPSA) is 59.2 Å². The van der Waals surface area contributed by atoms with Crippen LogP contribution < -0.4 is 0 Å². The number of hydrogen-bond acceptors (Lipinski definition) is 4. The molecule has 2 aromatic rings. The summed E-state index contributed by atoms with van der Waals surface area (Å²) < 4.78 is 5.54. The van der Waals surface area contributed by atoms with E-state index in [4.69, 9.17) is 4.52 Å². The van der Waals surface area contributed by atoms with E-state index in [1.54, 1.807) is 0 Å². The van der Waals surface area contributed by atoms with Crippen LogP contribution in [-0.2, 0) is 4.79 Å². The second-order valence-electron chi connectivity index (χ2n) is 6.89. The molecule has 130 valence electrons. The fourth-order valence-electron chi connectivity index (χ4n) is 3.77. The highest BCUT2D eigenvalue weighted by molar-refractivity contribution is 5.77. The van der Waals surface area contributed by atoms with Crippen molar-refractivity contribution in [3.8, 4) is 11.4 Å². The highest BCUT2D eigenvalue weighted by Crippen LogP contribution is 2.33. The molecule has 1 saturated heterocycles. The smallest absolute Gasteiger partial charge is 0.249 e. The van der Waals surface area contributed by atoms with Gasteiger partial charge in [-0.15, -0.1) is 0 Å². The van der Waals surface area contributed by atoms with Gasteiger partial charge in [-0.25, -0.2) is 0 Å². The van der Waals surface area contributed by atoms with Gasteiger partial charge in [0.25, 0.3) is 0 Å². The first kappa shape index (κ1) is 16.1. The Bertz CT molecular complexity index is 753. The average Bonchev–Trinajstić information content (AvgIpc) is 3.34. The van der Waals surface area contributed by atoms with E-state index in [0.29, 0.717) is 24.1 Å². The quantitative estimate of drug-likeness (QED) is 0.787. The summed E-state index contributed by atoms with van der Waals surface area (Å²) in [5.74, 6) is 1.75. The number of hydrogen-bond donors (Lipinski definition) is 0. The summed E-state index contributed by atoms with van der Waals surface area (Å²) in [6.07, 6.45) is 10.1. The summed E-state index contributed by atoms with van der Waals surface area (Å²) in [6.45, 7) is 0.781. The Kier molecular flexibility index (Phi) is 4.63. The molecule has 2 aliphatic rings. The molecule has 1 fully saturated rings. The van der Waals surface area contributed by atoms with Crippen molar-refractivity contribution in [1.82, 2.24) is 15.0 Å². The van der Waals surface area contributed by atoms with Gasteiger partial charge in [-0.05, 0) is 38.0 Å². The van der Waals surface area contributed by atoms with E-state index < -0.39 is 0 Å². The predicted molar refractivity (Wildman–Crippen MR) is 94.5 cm³/mol. The summed E-state index contributed by atoms with van der Waals surface area (Å²) in [4.78, 5) is 19.4. The molecule has 2 atom stereocenters. The highest BCUT2D eigenvalue weighted by atomic mass is 16.5. The standard InChI is InChI=1S/C20H23N3O2/c24-18(14-15-8-4-5-9-15)23-13-7-6-12-17(23)20-21-19(22-25-20)16-10-2-1-3-11-16/h1-4,8,10-11,15,17H,5-7,9,12-14H2/t15-,17+/m0/s1. The molecule has 2 heterocycles. The third kappa shape index (κ3) is 3.50. The Balaban J connectivity index is 1.52. The molecule has 4 rings (SSSR count). The van der Waals surface area contributed by atoms with Gasteiger partial charge in [0.2, 0.25) is 17.6 Å². The van der Waals surface area contributed by atoms with Crippen molar-refractivity contribution in [2.24, 2.45) is 5.92 Å². The lowest BCUT2D eigenvalue weighted by Crippen LogP contribution is -2.39. The summed E-state index contributed by atoms with van der Waals surface area (Å²) in [5, 5.41) is 4.12. The van der Waals surface area contributed by atoms with Gasteiger partial charge >= 0.3 is 0 Å². The third-order valence-electron chi connectivity index (χ3n) is 5.13. The molecule has 5 nitrogen and oxygen atoms in total. The van der Waals surface area contributed by atoms with Crippen LogP contribution in [0, 0.1) is 5.92 Å². The van der Waals surface area contributed by atoms with Gasteiger partial charge in [0.15, 0.2) is 0 Å².